The minimum absolute atomic E-state index is 0. The van der Waals surface area contributed by atoms with E-state index >= 15 is 0 Å². The number of alkyl halides is 2. The van der Waals surface area contributed by atoms with Gasteiger partial charge in [-0.2, -0.15) is 0 Å². The summed E-state index contributed by atoms with van der Waals surface area (Å²) in [6, 6.07) is 11.0. The van der Waals surface area contributed by atoms with Crippen LogP contribution in [0.5, 0.6) is 0 Å². The van der Waals surface area contributed by atoms with Crippen molar-refractivity contribution in [1.82, 2.24) is 20.4 Å². The van der Waals surface area contributed by atoms with E-state index in [-0.39, 0.29) is 36.6 Å². The lowest BCUT2D eigenvalue weighted by molar-refractivity contribution is 0.0744. The van der Waals surface area contributed by atoms with E-state index in [9.17, 15) is 8.78 Å². The van der Waals surface area contributed by atoms with E-state index in [0.29, 0.717) is 25.7 Å². The number of piperidine rings is 1. The zero-order chi connectivity index (χ0) is 20.4. The Bertz CT molecular complexity index is 580. The normalized spacial score (nSPS) is 17.3. The highest BCUT2D eigenvalue weighted by Crippen LogP contribution is 2.12. The SMILES string of the molecule is CCNC(=NCC(C)N(C)Cc1ccccc1)NC1CCN(CC(F)F)CC1.I. The van der Waals surface area contributed by atoms with Crippen LogP contribution in [0.25, 0.3) is 0 Å². The van der Waals surface area contributed by atoms with E-state index in [4.69, 9.17) is 4.99 Å². The molecule has 2 rings (SSSR count). The third-order valence-electron chi connectivity index (χ3n) is 5.21. The van der Waals surface area contributed by atoms with E-state index in [1.165, 1.54) is 5.56 Å². The molecule has 166 valence electrons. The van der Waals surface area contributed by atoms with Crippen LogP contribution in [0.15, 0.2) is 35.3 Å². The molecular weight excluding hydrogens is 487 g/mol. The summed E-state index contributed by atoms with van der Waals surface area (Å²) in [7, 11) is 2.12. The number of guanidine groups is 1. The van der Waals surface area contributed by atoms with Crippen molar-refractivity contribution in [2.75, 3.05) is 39.8 Å². The lowest BCUT2D eigenvalue weighted by Crippen LogP contribution is -2.49. The summed E-state index contributed by atoms with van der Waals surface area (Å²) in [5.74, 6) is 0.815. The maximum atomic E-state index is 12.5. The first-order valence-electron chi connectivity index (χ1n) is 10.3. The van der Waals surface area contributed by atoms with E-state index < -0.39 is 6.43 Å². The molecular formula is C21H36F2IN5. The molecule has 2 N–H and O–H groups in total. The highest BCUT2D eigenvalue weighted by Gasteiger charge is 2.22. The molecule has 0 amide bonds. The molecule has 1 atom stereocenters. The van der Waals surface area contributed by atoms with Gasteiger partial charge in [-0.15, -0.1) is 24.0 Å². The van der Waals surface area contributed by atoms with Crippen molar-refractivity contribution in [1.29, 1.82) is 0 Å². The van der Waals surface area contributed by atoms with Crippen molar-refractivity contribution in [3.05, 3.63) is 35.9 Å². The first-order chi connectivity index (χ1) is 13.5. The fraction of sp³-hybridized carbons (Fsp3) is 0.667. The smallest absolute Gasteiger partial charge is 0.251 e. The van der Waals surface area contributed by atoms with Gasteiger partial charge in [0.2, 0.25) is 0 Å². The average molecular weight is 523 g/mol. The molecule has 1 fully saturated rings. The van der Waals surface area contributed by atoms with Crippen LogP contribution in [0.2, 0.25) is 0 Å². The topological polar surface area (TPSA) is 42.9 Å². The van der Waals surface area contributed by atoms with E-state index in [2.05, 4.69) is 53.8 Å². The highest BCUT2D eigenvalue weighted by atomic mass is 127. The second-order valence-corrected chi connectivity index (χ2v) is 7.58. The molecule has 1 heterocycles. The predicted octanol–water partition coefficient (Wildman–Crippen LogP) is 3.41. The molecule has 0 spiro atoms. The maximum Gasteiger partial charge on any atom is 0.251 e. The van der Waals surface area contributed by atoms with Crippen LogP contribution in [0.1, 0.15) is 32.3 Å². The van der Waals surface area contributed by atoms with Crippen molar-refractivity contribution >= 4 is 29.9 Å². The fourth-order valence-electron chi connectivity index (χ4n) is 3.36. The molecule has 8 heteroatoms. The molecule has 1 aliphatic rings. The number of halogens is 3. The van der Waals surface area contributed by atoms with E-state index in [1.54, 1.807) is 0 Å². The molecule has 1 unspecified atom stereocenters. The zero-order valence-corrected chi connectivity index (χ0v) is 20.1. The lowest BCUT2D eigenvalue weighted by Gasteiger charge is -2.33. The zero-order valence-electron chi connectivity index (χ0n) is 17.8. The number of likely N-dealkylation sites (N-methyl/N-ethyl adjacent to an activating group) is 1. The fourth-order valence-corrected chi connectivity index (χ4v) is 3.36. The van der Waals surface area contributed by atoms with Crippen LogP contribution < -0.4 is 10.6 Å². The Kier molecular flexibility index (Phi) is 12.6. The molecule has 29 heavy (non-hydrogen) atoms. The van der Waals surface area contributed by atoms with Crippen LogP contribution >= 0.6 is 24.0 Å². The maximum absolute atomic E-state index is 12.5. The molecule has 0 radical (unpaired) electrons. The number of nitrogens with zero attached hydrogens (tertiary/aromatic N) is 3. The molecule has 5 nitrogen and oxygen atoms in total. The van der Waals surface area contributed by atoms with Crippen molar-refractivity contribution in [3.8, 4) is 0 Å². The second kappa shape index (κ2) is 14.1. The number of hydrogen-bond donors (Lipinski definition) is 2. The van der Waals surface area contributed by atoms with Gasteiger partial charge in [-0.1, -0.05) is 30.3 Å². The number of aliphatic imine (C=N–C) groups is 1. The quantitative estimate of drug-likeness (QED) is 0.296. The minimum Gasteiger partial charge on any atom is -0.357 e. The number of nitrogens with one attached hydrogen (secondary N) is 2. The number of rotatable bonds is 9. The Hall–Kier alpha value is -1.00. The number of benzene rings is 1. The van der Waals surface area contributed by atoms with Crippen LogP contribution in [-0.2, 0) is 6.54 Å². The summed E-state index contributed by atoms with van der Waals surface area (Å²) in [4.78, 5) is 8.89. The summed E-state index contributed by atoms with van der Waals surface area (Å²) in [6.45, 7) is 7.91. The van der Waals surface area contributed by atoms with Gasteiger partial charge in [0.25, 0.3) is 6.43 Å². The summed E-state index contributed by atoms with van der Waals surface area (Å²) in [5.41, 5.74) is 1.29. The molecule has 1 aromatic rings. The summed E-state index contributed by atoms with van der Waals surface area (Å²) in [5, 5.41) is 6.79. The first-order valence-corrected chi connectivity index (χ1v) is 10.3. The Morgan fingerprint density at radius 2 is 1.90 bits per heavy atom. The second-order valence-electron chi connectivity index (χ2n) is 7.58. The Morgan fingerprint density at radius 3 is 2.48 bits per heavy atom. The van der Waals surface area contributed by atoms with Crippen molar-refractivity contribution in [3.63, 3.8) is 0 Å². The summed E-state index contributed by atoms with van der Waals surface area (Å²) in [6.07, 6.45) is -0.529. The van der Waals surface area contributed by atoms with Gasteiger partial charge in [-0.05, 0) is 39.3 Å². The van der Waals surface area contributed by atoms with Crippen LogP contribution in [0, 0.1) is 0 Å². The number of likely N-dealkylation sites (tertiary alicyclic amines) is 1. The van der Waals surface area contributed by atoms with Gasteiger partial charge >= 0.3 is 0 Å². The van der Waals surface area contributed by atoms with Crippen molar-refractivity contribution < 1.29 is 8.78 Å². The molecule has 1 aliphatic heterocycles. The van der Waals surface area contributed by atoms with Gasteiger partial charge in [0.15, 0.2) is 5.96 Å². The van der Waals surface area contributed by atoms with Crippen molar-refractivity contribution in [2.45, 2.75) is 51.7 Å². The van der Waals surface area contributed by atoms with Gasteiger partial charge < -0.3 is 10.6 Å². The highest BCUT2D eigenvalue weighted by molar-refractivity contribution is 14.0. The number of hydrogen-bond acceptors (Lipinski definition) is 3. The summed E-state index contributed by atoms with van der Waals surface area (Å²) >= 11 is 0. The van der Waals surface area contributed by atoms with Crippen molar-refractivity contribution in [2.24, 2.45) is 4.99 Å². The Labute approximate surface area is 191 Å². The van der Waals surface area contributed by atoms with Gasteiger partial charge in [-0.3, -0.25) is 14.8 Å². The third kappa shape index (κ3) is 10.0. The van der Waals surface area contributed by atoms with Crippen LogP contribution in [-0.4, -0.2) is 74.0 Å². The van der Waals surface area contributed by atoms with Crippen LogP contribution in [0.3, 0.4) is 0 Å². The summed E-state index contributed by atoms with van der Waals surface area (Å²) < 4.78 is 25.0. The first kappa shape index (κ1) is 26.0. The molecule has 0 bridgehead atoms. The van der Waals surface area contributed by atoms with E-state index in [1.807, 2.05) is 17.9 Å². The lowest BCUT2D eigenvalue weighted by atomic mass is 10.1. The molecule has 0 aliphatic carbocycles. The molecule has 1 saturated heterocycles. The monoisotopic (exact) mass is 523 g/mol. The van der Waals surface area contributed by atoms with Gasteiger partial charge in [-0.25, -0.2) is 8.78 Å². The molecule has 0 aromatic heterocycles. The standard InChI is InChI=1S/C21H35F2N5.HI/c1-4-24-21(26-19-10-12-28(13-11-19)16-20(22)23)25-14-17(2)27(3)15-18-8-6-5-7-9-18;/h5-9,17,19-20H,4,10-16H2,1-3H3,(H2,24,25,26);1H. The van der Waals surface area contributed by atoms with Gasteiger partial charge in [0.1, 0.15) is 0 Å². The predicted molar refractivity (Wildman–Crippen MR) is 127 cm³/mol. The molecule has 1 aromatic carbocycles. The third-order valence-corrected chi connectivity index (χ3v) is 5.21. The molecule has 0 saturated carbocycles. The average Bonchev–Trinajstić information content (AvgIpc) is 2.68. The minimum atomic E-state index is -2.25. The Balaban J connectivity index is 0.00000420. The van der Waals surface area contributed by atoms with Crippen LogP contribution in [0.4, 0.5) is 8.78 Å². The van der Waals surface area contributed by atoms with Gasteiger partial charge in [0.05, 0.1) is 13.1 Å². The Morgan fingerprint density at radius 1 is 1.24 bits per heavy atom. The van der Waals surface area contributed by atoms with E-state index in [0.717, 1.165) is 31.9 Å². The van der Waals surface area contributed by atoms with Gasteiger partial charge in [0, 0.05) is 38.3 Å². The largest absolute Gasteiger partial charge is 0.357 e.